The largest absolute Gasteiger partial charge is 0.383 e. The monoisotopic (exact) mass is 273 g/mol. The number of amides is 2. The number of nitrogens with zero attached hydrogens (tertiary/aromatic N) is 1. The van der Waals surface area contributed by atoms with Crippen LogP contribution in [0, 0.1) is 0 Å². The van der Waals surface area contributed by atoms with Crippen LogP contribution in [0.4, 0.5) is 0 Å². The Balaban J connectivity index is 2.39. The molecule has 2 amide bonds. The van der Waals surface area contributed by atoms with Gasteiger partial charge in [-0.15, -0.1) is 0 Å². The lowest BCUT2D eigenvalue weighted by molar-refractivity contribution is 0.0603. The summed E-state index contributed by atoms with van der Waals surface area (Å²) in [6, 6.07) is 2.85. The van der Waals surface area contributed by atoms with Gasteiger partial charge in [-0.05, 0) is 12.1 Å². The van der Waals surface area contributed by atoms with E-state index in [4.69, 9.17) is 27.9 Å². The Bertz CT molecular complexity index is 461. The normalized spacial score (nSPS) is 14.4. The Morgan fingerprint density at radius 1 is 1.12 bits per heavy atom. The van der Waals surface area contributed by atoms with Gasteiger partial charge in [-0.1, -0.05) is 23.2 Å². The van der Waals surface area contributed by atoms with Gasteiger partial charge in [-0.2, -0.15) is 0 Å². The molecule has 1 aromatic carbocycles. The summed E-state index contributed by atoms with van der Waals surface area (Å²) < 4.78 is 4.85. The van der Waals surface area contributed by atoms with Crippen LogP contribution in [0.1, 0.15) is 20.7 Å². The predicted molar refractivity (Wildman–Crippen MR) is 63.7 cm³/mol. The molecule has 0 aromatic heterocycles. The molecule has 0 saturated carbocycles. The standard InChI is InChI=1S/C11H9Cl2NO3/c1-17-3-2-14-10(15)6-4-8(12)9(13)5-7(6)11(14)16/h4-5H,2-3H2,1H3. The van der Waals surface area contributed by atoms with E-state index in [1.807, 2.05) is 0 Å². The molecule has 0 radical (unpaired) electrons. The lowest BCUT2D eigenvalue weighted by atomic mass is 10.1. The maximum absolute atomic E-state index is 11.9. The Morgan fingerprint density at radius 3 is 2.00 bits per heavy atom. The average molecular weight is 274 g/mol. The second-order valence-corrected chi connectivity index (χ2v) is 4.38. The molecular formula is C11H9Cl2NO3. The van der Waals surface area contributed by atoms with Gasteiger partial charge in [0.1, 0.15) is 0 Å². The highest BCUT2D eigenvalue weighted by Crippen LogP contribution is 2.31. The smallest absolute Gasteiger partial charge is 0.261 e. The van der Waals surface area contributed by atoms with Gasteiger partial charge in [0.15, 0.2) is 0 Å². The van der Waals surface area contributed by atoms with E-state index in [0.717, 1.165) is 4.90 Å². The third-order valence-corrected chi connectivity index (χ3v) is 3.25. The molecule has 0 aliphatic carbocycles. The van der Waals surface area contributed by atoms with E-state index in [1.54, 1.807) is 0 Å². The first-order valence-corrected chi connectivity index (χ1v) is 5.66. The minimum Gasteiger partial charge on any atom is -0.383 e. The summed E-state index contributed by atoms with van der Waals surface area (Å²) >= 11 is 11.6. The maximum Gasteiger partial charge on any atom is 0.261 e. The van der Waals surface area contributed by atoms with Crippen LogP contribution in [0.5, 0.6) is 0 Å². The first-order valence-electron chi connectivity index (χ1n) is 4.90. The molecule has 1 heterocycles. The molecule has 0 saturated heterocycles. The molecule has 1 aromatic rings. The van der Waals surface area contributed by atoms with Gasteiger partial charge in [0.2, 0.25) is 0 Å². The van der Waals surface area contributed by atoms with Crippen LogP contribution in [0.15, 0.2) is 12.1 Å². The van der Waals surface area contributed by atoms with Crippen molar-refractivity contribution < 1.29 is 14.3 Å². The second kappa shape index (κ2) is 4.64. The number of hydrogen-bond acceptors (Lipinski definition) is 3. The zero-order valence-electron chi connectivity index (χ0n) is 9.00. The van der Waals surface area contributed by atoms with E-state index in [2.05, 4.69) is 0 Å². The molecule has 2 rings (SSSR count). The molecular weight excluding hydrogens is 265 g/mol. The summed E-state index contributed by atoms with van der Waals surface area (Å²) in [7, 11) is 1.51. The summed E-state index contributed by atoms with van der Waals surface area (Å²) in [4.78, 5) is 25.0. The van der Waals surface area contributed by atoms with Crippen molar-refractivity contribution in [2.24, 2.45) is 0 Å². The summed E-state index contributed by atoms with van der Waals surface area (Å²) in [5.74, 6) is -0.721. The first-order chi connectivity index (χ1) is 8.06. The molecule has 1 aliphatic rings. The van der Waals surface area contributed by atoms with E-state index in [1.165, 1.54) is 19.2 Å². The van der Waals surface area contributed by atoms with Crippen molar-refractivity contribution >= 4 is 35.0 Å². The molecule has 0 bridgehead atoms. The van der Waals surface area contributed by atoms with Crippen LogP contribution in [0.3, 0.4) is 0 Å². The Morgan fingerprint density at radius 2 is 1.59 bits per heavy atom. The number of fused-ring (bicyclic) bond motifs is 1. The molecule has 0 atom stereocenters. The van der Waals surface area contributed by atoms with Gasteiger partial charge in [-0.3, -0.25) is 14.5 Å². The fourth-order valence-corrected chi connectivity index (χ4v) is 2.00. The van der Waals surface area contributed by atoms with Crippen LogP contribution >= 0.6 is 23.2 Å². The molecule has 17 heavy (non-hydrogen) atoms. The van der Waals surface area contributed by atoms with Crippen molar-refractivity contribution in [3.05, 3.63) is 33.3 Å². The zero-order chi connectivity index (χ0) is 12.6. The second-order valence-electron chi connectivity index (χ2n) is 3.57. The molecule has 0 N–H and O–H groups in total. The SMILES string of the molecule is COCCN1C(=O)c2cc(Cl)c(Cl)cc2C1=O. The molecule has 6 heteroatoms. The number of rotatable bonds is 3. The van der Waals surface area contributed by atoms with Crippen LogP contribution in [0.2, 0.25) is 10.0 Å². The fourth-order valence-electron chi connectivity index (χ4n) is 1.67. The molecule has 0 unspecified atom stereocenters. The van der Waals surface area contributed by atoms with Crippen molar-refractivity contribution in [3.8, 4) is 0 Å². The Hall–Kier alpha value is -1.10. The highest BCUT2D eigenvalue weighted by Gasteiger charge is 2.35. The van der Waals surface area contributed by atoms with Gasteiger partial charge >= 0.3 is 0 Å². The first kappa shape index (κ1) is 12.4. The molecule has 1 aliphatic heterocycles. The third-order valence-electron chi connectivity index (χ3n) is 2.53. The maximum atomic E-state index is 11.9. The number of carbonyl (C=O) groups excluding carboxylic acids is 2. The zero-order valence-corrected chi connectivity index (χ0v) is 10.5. The van der Waals surface area contributed by atoms with E-state index in [0.29, 0.717) is 17.7 Å². The van der Waals surface area contributed by atoms with Crippen molar-refractivity contribution in [2.75, 3.05) is 20.3 Å². The number of methoxy groups -OCH3 is 1. The summed E-state index contributed by atoms with van der Waals surface area (Å²) in [5, 5.41) is 0.528. The number of benzene rings is 1. The highest BCUT2D eigenvalue weighted by atomic mass is 35.5. The number of hydrogen-bond donors (Lipinski definition) is 0. The lowest BCUT2D eigenvalue weighted by Crippen LogP contribution is -2.32. The van der Waals surface area contributed by atoms with Crippen molar-refractivity contribution in [1.82, 2.24) is 4.90 Å². The van der Waals surface area contributed by atoms with Gasteiger partial charge in [0, 0.05) is 7.11 Å². The summed E-state index contributed by atoms with van der Waals surface area (Å²) in [5.41, 5.74) is 0.584. The van der Waals surface area contributed by atoms with E-state index >= 15 is 0 Å². The third kappa shape index (κ3) is 2.04. The van der Waals surface area contributed by atoms with Gasteiger partial charge in [0.25, 0.3) is 11.8 Å². The van der Waals surface area contributed by atoms with Gasteiger partial charge in [0.05, 0.1) is 34.3 Å². The lowest BCUT2D eigenvalue weighted by Gasteiger charge is -2.12. The summed E-state index contributed by atoms with van der Waals surface area (Å²) in [6.07, 6.45) is 0. The molecule has 0 fully saturated rings. The van der Waals surface area contributed by atoms with E-state index in [-0.39, 0.29) is 28.4 Å². The van der Waals surface area contributed by atoms with Crippen molar-refractivity contribution in [1.29, 1.82) is 0 Å². The fraction of sp³-hybridized carbons (Fsp3) is 0.273. The van der Waals surface area contributed by atoms with Gasteiger partial charge in [-0.25, -0.2) is 0 Å². The predicted octanol–water partition coefficient (Wildman–Crippen LogP) is 2.24. The molecule has 0 spiro atoms. The van der Waals surface area contributed by atoms with Crippen LogP contribution in [0.25, 0.3) is 0 Å². The number of imide groups is 1. The van der Waals surface area contributed by atoms with Crippen molar-refractivity contribution in [2.45, 2.75) is 0 Å². The topological polar surface area (TPSA) is 46.6 Å². The van der Waals surface area contributed by atoms with E-state index < -0.39 is 0 Å². The van der Waals surface area contributed by atoms with Crippen LogP contribution < -0.4 is 0 Å². The van der Waals surface area contributed by atoms with Crippen LogP contribution in [-0.4, -0.2) is 37.0 Å². The Kier molecular flexibility index (Phi) is 3.38. The number of ether oxygens (including phenoxy) is 1. The highest BCUT2D eigenvalue weighted by molar-refractivity contribution is 6.43. The average Bonchev–Trinajstić information content (AvgIpc) is 2.51. The molecule has 4 nitrogen and oxygen atoms in total. The van der Waals surface area contributed by atoms with Crippen molar-refractivity contribution in [3.63, 3.8) is 0 Å². The van der Waals surface area contributed by atoms with Crippen LogP contribution in [-0.2, 0) is 4.74 Å². The minimum absolute atomic E-state index is 0.220. The molecule has 90 valence electrons. The van der Waals surface area contributed by atoms with E-state index in [9.17, 15) is 9.59 Å². The number of halogens is 2. The minimum atomic E-state index is -0.361. The summed E-state index contributed by atoms with van der Waals surface area (Å²) in [6.45, 7) is 0.519. The Labute approximate surface area is 108 Å². The van der Waals surface area contributed by atoms with Gasteiger partial charge < -0.3 is 4.74 Å². The number of carbonyl (C=O) groups is 2. The quantitative estimate of drug-likeness (QED) is 0.794.